The number of rotatable bonds is 16. The number of carbonyl (C=O) groups is 4. The number of para-hydroxylation sites is 1. The van der Waals surface area contributed by atoms with E-state index in [0.717, 1.165) is 5.52 Å². The molecule has 51 heavy (non-hydrogen) atoms. The van der Waals surface area contributed by atoms with E-state index in [2.05, 4.69) is 28.8 Å². The molecule has 0 saturated carbocycles. The summed E-state index contributed by atoms with van der Waals surface area (Å²) in [6.45, 7) is 11.0. The highest BCUT2D eigenvalue weighted by atomic mass is 16.6. The van der Waals surface area contributed by atoms with Crippen molar-refractivity contribution in [2.75, 3.05) is 13.2 Å². The van der Waals surface area contributed by atoms with Crippen molar-refractivity contribution < 1.29 is 33.8 Å². The van der Waals surface area contributed by atoms with E-state index in [9.17, 15) is 24.3 Å². The Morgan fingerprint density at radius 1 is 1.16 bits per heavy atom. The minimum atomic E-state index is -1.32. The largest absolute Gasteiger partial charge is 0.455 e. The van der Waals surface area contributed by atoms with Gasteiger partial charge in [0.2, 0.25) is 17.7 Å². The topological polar surface area (TPSA) is 156 Å². The van der Waals surface area contributed by atoms with Crippen LogP contribution in [0.15, 0.2) is 79.9 Å². The van der Waals surface area contributed by atoms with Crippen molar-refractivity contribution in [3.8, 4) is 0 Å². The maximum atomic E-state index is 14.8. The summed E-state index contributed by atoms with van der Waals surface area (Å²) in [5.41, 5.74) is 0.767. The Hall–Kier alpha value is -4.88. The third-order valence-corrected chi connectivity index (χ3v) is 10.5. The summed E-state index contributed by atoms with van der Waals surface area (Å²) in [6.07, 6.45) is 3.69. The van der Waals surface area contributed by atoms with Gasteiger partial charge < -0.3 is 29.7 Å². The number of carbonyl (C=O) groups excluding carboxylic acids is 4. The molecule has 3 aromatic rings. The second-order valence-corrected chi connectivity index (χ2v) is 13.6. The SMILES string of the molecule is C=CCCC(=O)N[C@H](C)[C@@H](OC(=O)[C@@H]1[C@H]2C(=O)N([C@@H](CC)CO)[C@H](C(=O)N(CC=C)Cn3nnc4ccccc43)[C@]23CC[C@H]1O3)c1ccccc1. The van der Waals surface area contributed by atoms with Crippen molar-refractivity contribution in [3.63, 3.8) is 0 Å². The predicted molar refractivity (Wildman–Crippen MR) is 187 cm³/mol. The second-order valence-electron chi connectivity index (χ2n) is 13.6. The standard InChI is InChI=1S/C38H46N6O7/c1-5-8-18-30(46)39-24(4)33(25-14-10-9-11-15-25)50-37(49)31-29-19-20-38(51-29)32(31)35(47)44(26(7-3)22-45)34(38)36(48)42(21-6-2)23-43-28-17-13-12-16-27(28)40-41-43/h5-6,9-17,24,26,29,31-34,45H,1-2,7-8,18-23H2,3-4H3,(H,39,46)/t24-,26+,29-,31+,32+,33-,34-,38+/m1/s1. The Kier molecular flexibility index (Phi) is 10.7. The average molecular weight is 699 g/mol. The van der Waals surface area contributed by atoms with Crippen LogP contribution in [0.5, 0.6) is 0 Å². The van der Waals surface area contributed by atoms with Crippen LogP contribution >= 0.6 is 0 Å². The normalized spacial score (nSPS) is 25.2. The summed E-state index contributed by atoms with van der Waals surface area (Å²) < 4.78 is 14.5. The molecule has 2 aromatic carbocycles. The number of ether oxygens (including phenoxy) is 2. The molecule has 13 nitrogen and oxygen atoms in total. The molecule has 1 aromatic heterocycles. The Bertz CT molecular complexity index is 1780. The first kappa shape index (κ1) is 35.9. The van der Waals surface area contributed by atoms with Gasteiger partial charge in [-0.15, -0.1) is 18.3 Å². The lowest BCUT2D eigenvalue weighted by molar-refractivity contribution is -0.162. The third-order valence-electron chi connectivity index (χ3n) is 10.5. The number of aliphatic hydroxyl groups is 1. The zero-order valence-electron chi connectivity index (χ0n) is 29.1. The van der Waals surface area contributed by atoms with Gasteiger partial charge in [0.25, 0.3) is 0 Å². The van der Waals surface area contributed by atoms with Gasteiger partial charge in [-0.2, -0.15) is 0 Å². The molecule has 3 saturated heterocycles. The molecule has 2 bridgehead atoms. The molecule has 6 rings (SSSR count). The third kappa shape index (κ3) is 6.56. The minimum Gasteiger partial charge on any atom is -0.455 e. The maximum absolute atomic E-state index is 14.8. The van der Waals surface area contributed by atoms with E-state index in [1.807, 2.05) is 61.5 Å². The molecule has 270 valence electrons. The predicted octanol–water partition coefficient (Wildman–Crippen LogP) is 3.30. The molecular weight excluding hydrogens is 652 g/mol. The first-order chi connectivity index (χ1) is 24.7. The molecule has 3 fully saturated rings. The summed E-state index contributed by atoms with van der Waals surface area (Å²) in [7, 11) is 0. The lowest BCUT2D eigenvalue weighted by Gasteiger charge is -2.39. The van der Waals surface area contributed by atoms with Gasteiger partial charge in [-0.25, -0.2) is 4.68 Å². The average Bonchev–Trinajstić information content (AvgIpc) is 3.90. The number of nitrogens with one attached hydrogen (secondary N) is 1. The molecule has 3 aliphatic rings. The smallest absolute Gasteiger partial charge is 0.313 e. The number of esters is 1. The fourth-order valence-corrected chi connectivity index (χ4v) is 8.12. The van der Waals surface area contributed by atoms with Gasteiger partial charge in [-0.05, 0) is 50.3 Å². The van der Waals surface area contributed by atoms with Gasteiger partial charge in [-0.1, -0.05) is 66.8 Å². The Balaban J connectivity index is 1.32. The quantitative estimate of drug-likeness (QED) is 0.169. The van der Waals surface area contributed by atoms with Crippen LogP contribution in [0.3, 0.4) is 0 Å². The monoisotopic (exact) mass is 698 g/mol. The van der Waals surface area contributed by atoms with Crippen molar-refractivity contribution in [1.82, 2.24) is 30.1 Å². The summed E-state index contributed by atoms with van der Waals surface area (Å²) in [4.78, 5) is 59.4. The number of aliphatic hydroxyl groups excluding tert-OH is 1. The Morgan fingerprint density at radius 3 is 2.61 bits per heavy atom. The molecule has 4 heterocycles. The molecule has 0 unspecified atom stereocenters. The van der Waals surface area contributed by atoms with Crippen LogP contribution in [0.25, 0.3) is 11.0 Å². The number of aromatic nitrogens is 3. The molecular formula is C38H46N6O7. The number of hydrogen-bond donors (Lipinski definition) is 2. The van der Waals surface area contributed by atoms with Gasteiger partial charge in [0, 0.05) is 13.0 Å². The van der Waals surface area contributed by atoms with Crippen molar-refractivity contribution in [3.05, 3.63) is 85.5 Å². The fraction of sp³-hybridized carbons (Fsp3) is 0.474. The van der Waals surface area contributed by atoms with Crippen LogP contribution in [0.2, 0.25) is 0 Å². The molecule has 2 N–H and O–H groups in total. The van der Waals surface area contributed by atoms with Crippen molar-refractivity contribution in [2.45, 2.75) is 88.6 Å². The molecule has 0 aliphatic carbocycles. The van der Waals surface area contributed by atoms with E-state index >= 15 is 0 Å². The molecule has 1 spiro atoms. The van der Waals surface area contributed by atoms with Crippen molar-refractivity contribution in [2.24, 2.45) is 11.8 Å². The van der Waals surface area contributed by atoms with Crippen molar-refractivity contribution >= 4 is 34.7 Å². The van der Waals surface area contributed by atoms with Gasteiger partial charge in [-0.3, -0.25) is 19.2 Å². The molecule has 3 aliphatic heterocycles. The highest BCUT2D eigenvalue weighted by molar-refractivity contribution is 5.98. The zero-order chi connectivity index (χ0) is 36.3. The van der Waals surface area contributed by atoms with Crippen LogP contribution in [0.1, 0.15) is 57.6 Å². The van der Waals surface area contributed by atoms with Crippen LogP contribution < -0.4 is 5.32 Å². The highest BCUT2D eigenvalue weighted by Crippen LogP contribution is 2.59. The number of allylic oxidation sites excluding steroid dienone is 1. The van der Waals surface area contributed by atoms with E-state index in [1.54, 1.807) is 28.7 Å². The minimum absolute atomic E-state index is 0.0324. The van der Waals surface area contributed by atoms with E-state index in [0.29, 0.717) is 36.8 Å². The number of amides is 3. The number of nitrogens with zero attached hydrogens (tertiary/aromatic N) is 5. The Morgan fingerprint density at radius 2 is 1.90 bits per heavy atom. The zero-order valence-corrected chi connectivity index (χ0v) is 29.1. The number of likely N-dealkylation sites (tertiary alicyclic amines) is 1. The first-order valence-electron chi connectivity index (χ1n) is 17.6. The molecule has 13 heteroatoms. The van der Waals surface area contributed by atoms with E-state index < -0.39 is 65.6 Å². The van der Waals surface area contributed by atoms with Gasteiger partial charge in [0.15, 0.2) is 0 Å². The molecule has 3 amide bonds. The summed E-state index contributed by atoms with van der Waals surface area (Å²) in [5, 5.41) is 21.9. The summed E-state index contributed by atoms with van der Waals surface area (Å²) in [6, 6.07) is 14.1. The summed E-state index contributed by atoms with van der Waals surface area (Å²) in [5.74, 6) is -3.67. The summed E-state index contributed by atoms with van der Waals surface area (Å²) >= 11 is 0. The van der Waals surface area contributed by atoms with Gasteiger partial charge >= 0.3 is 5.97 Å². The molecule has 0 radical (unpaired) electrons. The fourth-order valence-electron chi connectivity index (χ4n) is 8.12. The first-order valence-corrected chi connectivity index (χ1v) is 17.6. The van der Waals surface area contributed by atoms with Crippen LogP contribution in [0.4, 0.5) is 0 Å². The van der Waals surface area contributed by atoms with Crippen molar-refractivity contribution in [1.29, 1.82) is 0 Å². The van der Waals surface area contributed by atoms with Crippen LogP contribution in [0, 0.1) is 11.8 Å². The lowest BCUT2D eigenvalue weighted by Crippen LogP contribution is -2.58. The highest BCUT2D eigenvalue weighted by Gasteiger charge is 2.75. The second kappa shape index (κ2) is 15.2. The van der Waals surface area contributed by atoms with Crippen LogP contribution in [-0.4, -0.2) is 96.6 Å². The molecule has 8 atom stereocenters. The maximum Gasteiger partial charge on any atom is 0.313 e. The Labute approximate surface area is 297 Å². The van der Waals surface area contributed by atoms with E-state index in [-0.39, 0.29) is 32.1 Å². The van der Waals surface area contributed by atoms with E-state index in [1.165, 1.54) is 4.90 Å². The van der Waals surface area contributed by atoms with Gasteiger partial charge in [0.1, 0.15) is 29.9 Å². The number of fused-ring (bicyclic) bond motifs is 2. The number of hydrogen-bond acceptors (Lipinski definition) is 9. The van der Waals surface area contributed by atoms with Gasteiger partial charge in [0.05, 0.1) is 42.1 Å². The number of benzene rings is 2. The van der Waals surface area contributed by atoms with Crippen LogP contribution in [-0.2, 0) is 35.3 Å². The lowest BCUT2D eigenvalue weighted by atomic mass is 9.70. The van der Waals surface area contributed by atoms with E-state index in [4.69, 9.17) is 9.47 Å².